The van der Waals surface area contributed by atoms with Gasteiger partial charge in [0, 0.05) is 6.42 Å². The van der Waals surface area contributed by atoms with Crippen LogP contribution in [-0.2, 0) is 9.53 Å². The molecule has 0 atom stereocenters. The molecule has 0 spiro atoms. The van der Waals surface area contributed by atoms with Crippen LogP contribution in [0.4, 0.5) is 0 Å². The second-order valence-electron chi connectivity index (χ2n) is 9.74. The van der Waals surface area contributed by atoms with E-state index in [1.165, 1.54) is 135 Å². The molecule has 0 radical (unpaired) electrons. The van der Waals surface area contributed by atoms with Crippen LogP contribution in [0.25, 0.3) is 0 Å². The number of carbonyl (C=O) groups is 1. The van der Waals surface area contributed by atoms with Gasteiger partial charge in [-0.05, 0) is 38.5 Å². The first-order valence-electron chi connectivity index (χ1n) is 14.6. The van der Waals surface area contributed by atoms with Gasteiger partial charge in [-0.2, -0.15) is 0 Å². The van der Waals surface area contributed by atoms with E-state index in [0.29, 0.717) is 13.0 Å². The summed E-state index contributed by atoms with van der Waals surface area (Å²) >= 11 is 0. The van der Waals surface area contributed by atoms with Crippen molar-refractivity contribution in [2.75, 3.05) is 6.61 Å². The summed E-state index contributed by atoms with van der Waals surface area (Å²) in [5.74, 6) is 0.0146. The Morgan fingerprint density at radius 3 is 1.34 bits per heavy atom. The van der Waals surface area contributed by atoms with Gasteiger partial charge in [-0.15, -0.1) is 0 Å². The molecule has 2 nitrogen and oxygen atoms in total. The second kappa shape index (κ2) is 28.2. The smallest absolute Gasteiger partial charge is 0.305 e. The molecule has 0 aliphatic rings. The molecule has 0 aliphatic carbocycles. The molecule has 0 fully saturated rings. The van der Waals surface area contributed by atoms with Crippen molar-refractivity contribution in [3.8, 4) is 0 Å². The van der Waals surface area contributed by atoms with Crippen molar-refractivity contribution in [1.29, 1.82) is 0 Å². The number of rotatable bonds is 26. The standard InChI is InChI=1S/C30H58O2/c1-3-5-7-9-11-13-15-16-17-18-19-20-22-24-26-28-30(31)32-29-27-25-23-21-14-12-10-8-6-4-2/h15-16H,3-14,17-29H2,1-2H3. The summed E-state index contributed by atoms with van der Waals surface area (Å²) in [5, 5.41) is 0. The molecule has 0 N–H and O–H groups in total. The maximum absolute atomic E-state index is 11.8. The largest absolute Gasteiger partial charge is 0.466 e. The van der Waals surface area contributed by atoms with Gasteiger partial charge < -0.3 is 4.74 Å². The van der Waals surface area contributed by atoms with Crippen molar-refractivity contribution in [1.82, 2.24) is 0 Å². The van der Waals surface area contributed by atoms with Gasteiger partial charge in [-0.25, -0.2) is 0 Å². The van der Waals surface area contributed by atoms with Crippen LogP contribution in [-0.4, -0.2) is 12.6 Å². The van der Waals surface area contributed by atoms with Crippen molar-refractivity contribution >= 4 is 5.97 Å². The minimum absolute atomic E-state index is 0.0146. The first kappa shape index (κ1) is 31.2. The van der Waals surface area contributed by atoms with E-state index in [0.717, 1.165) is 12.8 Å². The van der Waals surface area contributed by atoms with Gasteiger partial charge in [-0.1, -0.05) is 135 Å². The molecule has 0 aromatic rings. The number of carbonyl (C=O) groups excluding carboxylic acids is 1. The Morgan fingerprint density at radius 1 is 0.500 bits per heavy atom. The molecule has 0 aromatic heterocycles. The van der Waals surface area contributed by atoms with E-state index >= 15 is 0 Å². The first-order valence-corrected chi connectivity index (χ1v) is 14.6. The summed E-state index contributed by atoms with van der Waals surface area (Å²) < 4.78 is 5.39. The van der Waals surface area contributed by atoms with Crippen LogP contribution < -0.4 is 0 Å². The normalized spacial score (nSPS) is 11.4. The highest BCUT2D eigenvalue weighted by Gasteiger charge is 2.02. The highest BCUT2D eigenvalue weighted by molar-refractivity contribution is 5.69. The molecule has 2 heteroatoms. The Labute approximate surface area is 202 Å². The zero-order valence-electron chi connectivity index (χ0n) is 22.1. The molecule has 0 unspecified atom stereocenters. The van der Waals surface area contributed by atoms with E-state index in [4.69, 9.17) is 4.74 Å². The molecular formula is C30H58O2. The molecular weight excluding hydrogens is 392 g/mol. The summed E-state index contributed by atoms with van der Waals surface area (Å²) in [6.45, 7) is 5.17. The lowest BCUT2D eigenvalue weighted by molar-refractivity contribution is -0.143. The summed E-state index contributed by atoms with van der Waals surface area (Å²) in [4.78, 5) is 11.8. The predicted octanol–water partition coefficient (Wildman–Crippen LogP) is 10.5. The highest BCUT2D eigenvalue weighted by Crippen LogP contribution is 2.12. The molecule has 0 aromatic carbocycles. The zero-order chi connectivity index (χ0) is 23.4. The average molecular weight is 451 g/mol. The maximum Gasteiger partial charge on any atom is 0.305 e. The fourth-order valence-electron chi connectivity index (χ4n) is 4.19. The summed E-state index contributed by atoms with van der Waals surface area (Å²) in [6.07, 6.45) is 35.3. The number of esters is 1. The van der Waals surface area contributed by atoms with Gasteiger partial charge in [-0.3, -0.25) is 4.79 Å². The molecule has 0 saturated heterocycles. The molecule has 0 amide bonds. The lowest BCUT2D eigenvalue weighted by Crippen LogP contribution is -2.05. The van der Waals surface area contributed by atoms with Gasteiger partial charge in [0.1, 0.15) is 0 Å². The summed E-state index contributed by atoms with van der Waals surface area (Å²) in [6, 6.07) is 0. The van der Waals surface area contributed by atoms with E-state index in [-0.39, 0.29) is 5.97 Å². The van der Waals surface area contributed by atoms with E-state index < -0.39 is 0 Å². The van der Waals surface area contributed by atoms with E-state index in [9.17, 15) is 4.79 Å². The van der Waals surface area contributed by atoms with Crippen LogP contribution in [0.2, 0.25) is 0 Å². The third-order valence-corrected chi connectivity index (χ3v) is 6.40. The van der Waals surface area contributed by atoms with Gasteiger partial charge in [0.2, 0.25) is 0 Å². The van der Waals surface area contributed by atoms with Crippen molar-refractivity contribution in [3.63, 3.8) is 0 Å². The SMILES string of the molecule is CCCCCCCC=CCCCCCCCCC(=O)OCCCCCCCCCCCC. The molecule has 0 saturated carbocycles. The Hall–Kier alpha value is -0.790. The second-order valence-corrected chi connectivity index (χ2v) is 9.74. The average Bonchev–Trinajstić information content (AvgIpc) is 2.80. The zero-order valence-corrected chi connectivity index (χ0v) is 22.1. The number of hydrogen-bond donors (Lipinski definition) is 0. The van der Waals surface area contributed by atoms with Crippen LogP contribution in [0.5, 0.6) is 0 Å². The van der Waals surface area contributed by atoms with Crippen LogP contribution in [0.15, 0.2) is 12.2 Å². The lowest BCUT2D eigenvalue weighted by atomic mass is 10.1. The van der Waals surface area contributed by atoms with Crippen LogP contribution in [0, 0.1) is 0 Å². The topological polar surface area (TPSA) is 26.3 Å². The van der Waals surface area contributed by atoms with Crippen molar-refractivity contribution in [3.05, 3.63) is 12.2 Å². The Kier molecular flexibility index (Phi) is 27.5. The monoisotopic (exact) mass is 450 g/mol. The Morgan fingerprint density at radius 2 is 0.875 bits per heavy atom. The van der Waals surface area contributed by atoms with E-state index in [2.05, 4.69) is 26.0 Å². The lowest BCUT2D eigenvalue weighted by Gasteiger charge is -2.05. The van der Waals surface area contributed by atoms with E-state index in [1.807, 2.05) is 0 Å². The predicted molar refractivity (Wildman–Crippen MR) is 142 cm³/mol. The van der Waals surface area contributed by atoms with Crippen molar-refractivity contribution in [2.24, 2.45) is 0 Å². The van der Waals surface area contributed by atoms with Crippen LogP contribution >= 0.6 is 0 Å². The Balaban J connectivity index is 3.19. The number of allylic oxidation sites excluding steroid dienone is 2. The van der Waals surface area contributed by atoms with Crippen molar-refractivity contribution in [2.45, 2.75) is 168 Å². The van der Waals surface area contributed by atoms with E-state index in [1.54, 1.807) is 0 Å². The van der Waals surface area contributed by atoms with Crippen molar-refractivity contribution < 1.29 is 9.53 Å². The minimum Gasteiger partial charge on any atom is -0.466 e. The molecule has 0 rings (SSSR count). The fourth-order valence-corrected chi connectivity index (χ4v) is 4.19. The third-order valence-electron chi connectivity index (χ3n) is 6.40. The fraction of sp³-hybridized carbons (Fsp3) is 0.900. The van der Waals surface area contributed by atoms with Crippen LogP contribution in [0.3, 0.4) is 0 Å². The van der Waals surface area contributed by atoms with Gasteiger partial charge in [0.15, 0.2) is 0 Å². The summed E-state index contributed by atoms with van der Waals surface area (Å²) in [5.41, 5.74) is 0. The van der Waals surface area contributed by atoms with Gasteiger partial charge in [0.25, 0.3) is 0 Å². The van der Waals surface area contributed by atoms with Crippen LogP contribution in [0.1, 0.15) is 168 Å². The number of ether oxygens (including phenoxy) is 1. The third kappa shape index (κ3) is 27.2. The quantitative estimate of drug-likeness (QED) is 0.0744. The summed E-state index contributed by atoms with van der Waals surface area (Å²) in [7, 11) is 0. The number of hydrogen-bond acceptors (Lipinski definition) is 2. The first-order chi connectivity index (χ1) is 15.8. The minimum atomic E-state index is 0.0146. The molecule has 0 bridgehead atoms. The molecule has 190 valence electrons. The maximum atomic E-state index is 11.8. The molecule has 0 aliphatic heterocycles. The van der Waals surface area contributed by atoms with Gasteiger partial charge in [0.05, 0.1) is 6.61 Å². The Bertz CT molecular complexity index is 388. The molecule has 32 heavy (non-hydrogen) atoms. The highest BCUT2D eigenvalue weighted by atomic mass is 16.5. The molecule has 0 heterocycles. The number of unbranched alkanes of at least 4 members (excludes halogenated alkanes) is 20. The van der Waals surface area contributed by atoms with Gasteiger partial charge >= 0.3 is 5.97 Å².